The summed E-state index contributed by atoms with van der Waals surface area (Å²) < 4.78 is 68.7. The number of carbonyl (C=O) groups is 3. The number of halogens is 4. The zero-order valence-corrected chi connectivity index (χ0v) is 69.7. The van der Waals surface area contributed by atoms with Crippen LogP contribution in [-0.2, 0) is 61.6 Å². The molecule has 0 bridgehead atoms. The number of rotatable bonds is 6. The molecule has 3 amide bonds. The highest BCUT2D eigenvalue weighted by atomic mass is 79.9. The van der Waals surface area contributed by atoms with Gasteiger partial charge in [0.1, 0.15) is 54.9 Å². The Labute approximate surface area is 691 Å². The summed E-state index contributed by atoms with van der Waals surface area (Å²) in [5, 5.41) is 13.8. The van der Waals surface area contributed by atoms with E-state index < -0.39 is 32.3 Å². The van der Waals surface area contributed by atoms with Gasteiger partial charge in [0.15, 0.2) is 35.0 Å². The summed E-state index contributed by atoms with van der Waals surface area (Å²) >= 11 is 6.70. The molecule has 12 aliphatic rings. The lowest BCUT2D eigenvalue weighted by molar-refractivity contribution is -0.127. The van der Waals surface area contributed by atoms with Gasteiger partial charge in [-0.25, -0.2) is 42.8 Å². The Balaban J connectivity index is 0.000000119. The van der Waals surface area contributed by atoms with Gasteiger partial charge in [0.25, 0.3) is 0 Å². The van der Waals surface area contributed by atoms with Crippen molar-refractivity contribution in [3.8, 4) is 11.3 Å². The van der Waals surface area contributed by atoms with Crippen LogP contribution in [0.2, 0.25) is 0 Å². The van der Waals surface area contributed by atoms with Crippen molar-refractivity contribution in [2.24, 2.45) is 15.0 Å². The number of hydrogen-bond donors (Lipinski definition) is 0. The second-order valence-corrected chi connectivity index (χ2v) is 35.1. The molecule has 14 heterocycles. The van der Waals surface area contributed by atoms with Gasteiger partial charge in [0.05, 0.1) is 68.8 Å². The van der Waals surface area contributed by atoms with Gasteiger partial charge in [0.2, 0.25) is 17.7 Å². The van der Waals surface area contributed by atoms with E-state index in [1.807, 2.05) is 120 Å². The third-order valence-electron chi connectivity index (χ3n) is 23.8. The molecule has 3 saturated heterocycles. The van der Waals surface area contributed by atoms with Crippen molar-refractivity contribution in [2.45, 2.75) is 200 Å². The lowest BCUT2D eigenvalue weighted by atomic mass is 9.49. The van der Waals surface area contributed by atoms with Crippen LogP contribution in [0.15, 0.2) is 153 Å². The maximum atomic E-state index is 13.4. The predicted octanol–water partition coefficient (Wildman–Crippen LogP) is 12.7. The lowest BCUT2D eigenvalue weighted by Crippen LogP contribution is -2.42. The summed E-state index contributed by atoms with van der Waals surface area (Å²) in [5.41, 5.74) is 9.50. The molecule has 3 aliphatic carbocycles. The Kier molecular flexibility index (Phi) is 22.5. The van der Waals surface area contributed by atoms with Crippen molar-refractivity contribution >= 4 is 111 Å². The molecule has 3 saturated carbocycles. The van der Waals surface area contributed by atoms with E-state index in [4.69, 9.17) is 27.9 Å². The first-order valence-electron chi connectivity index (χ1n) is 39.2. The van der Waals surface area contributed by atoms with Crippen LogP contribution in [0.5, 0.6) is 0 Å². The zero-order valence-electron chi connectivity index (χ0n) is 66.5. The maximum absolute atomic E-state index is 13.4. The van der Waals surface area contributed by atoms with Gasteiger partial charge in [-0.15, -0.1) is 15.3 Å². The van der Waals surface area contributed by atoms with Crippen molar-refractivity contribution in [2.75, 3.05) is 39.3 Å². The quantitative estimate of drug-likeness (QED) is 0.110. The Hall–Kier alpha value is -9.21. The highest BCUT2D eigenvalue weighted by Crippen LogP contribution is 2.46. The monoisotopic (exact) mass is 1700 g/mol. The van der Waals surface area contributed by atoms with Crippen LogP contribution in [0.3, 0.4) is 0 Å². The van der Waals surface area contributed by atoms with E-state index in [9.17, 15) is 23.2 Å². The number of nitrogens with zero attached hydrogens (tertiary/aromatic N) is 17. The van der Waals surface area contributed by atoms with Crippen LogP contribution in [0, 0.1) is 11.6 Å². The summed E-state index contributed by atoms with van der Waals surface area (Å²) in [6.45, 7) is 26.6. The van der Waals surface area contributed by atoms with Crippen LogP contribution in [0.25, 0.3) is 28.3 Å². The van der Waals surface area contributed by atoms with Crippen LogP contribution in [0.4, 0.5) is 8.78 Å². The Morgan fingerprint density at radius 3 is 1.16 bits per heavy atom. The minimum atomic E-state index is -0.476. The largest absolute Gasteiger partial charge is 0.495 e. The number of aliphatic imine (C=N–C) groups is 3. The molecular weight excluding hydrogens is 1610 g/mol. The van der Waals surface area contributed by atoms with E-state index in [0.29, 0.717) is 71.6 Å². The van der Waals surface area contributed by atoms with Gasteiger partial charge < -0.3 is 42.6 Å². The van der Waals surface area contributed by atoms with Crippen LogP contribution < -0.4 is 5.46 Å². The normalized spacial score (nSPS) is 21.4. The molecule has 0 N–H and O–H groups in total. The van der Waals surface area contributed by atoms with E-state index in [0.717, 1.165) is 135 Å². The fourth-order valence-corrected chi connectivity index (χ4v) is 15.5. The van der Waals surface area contributed by atoms with E-state index in [1.54, 1.807) is 50.1 Å². The smallest absolute Gasteiger partial charge is 0.405 e. The van der Waals surface area contributed by atoms with Gasteiger partial charge in [-0.05, 0) is 209 Å². The number of amides is 3. The van der Waals surface area contributed by atoms with Crippen molar-refractivity contribution in [1.82, 2.24) is 69.0 Å². The molecule has 0 radical (unpaired) electrons. The Morgan fingerprint density at radius 2 is 0.767 bits per heavy atom. The molecule has 0 spiro atoms. The predicted molar refractivity (Wildman–Crippen MR) is 446 cm³/mol. The molecule has 3 aromatic carbocycles. The summed E-state index contributed by atoms with van der Waals surface area (Å²) in [4.78, 5) is 78.5. The van der Waals surface area contributed by atoms with E-state index >= 15 is 0 Å². The summed E-state index contributed by atoms with van der Waals surface area (Å²) in [6, 6.07) is 24.2. The molecule has 26 nitrogen and oxygen atoms in total. The topological polar surface area (TPSA) is 271 Å². The summed E-state index contributed by atoms with van der Waals surface area (Å²) in [5.74, 6) is 5.16. The van der Waals surface area contributed by atoms with Crippen LogP contribution in [-0.4, -0.2) is 198 Å². The van der Waals surface area contributed by atoms with Crippen molar-refractivity contribution in [3.05, 3.63) is 200 Å². The minimum absolute atomic E-state index is 0. The molecule has 9 aliphatic heterocycles. The second-order valence-electron chi connectivity index (χ2n) is 33.4. The molecule has 6 fully saturated rings. The highest BCUT2D eigenvalue weighted by molar-refractivity contribution is 9.10. The molecule has 602 valence electrons. The van der Waals surface area contributed by atoms with E-state index in [-0.39, 0.29) is 78.8 Å². The summed E-state index contributed by atoms with van der Waals surface area (Å²) in [7, 11) is -1.39. The fourth-order valence-electron chi connectivity index (χ4n) is 14.7. The second kappa shape index (κ2) is 31.9. The van der Waals surface area contributed by atoms with Crippen LogP contribution >= 0.6 is 31.9 Å². The number of aromatic nitrogens is 11. The van der Waals surface area contributed by atoms with E-state index in [1.165, 1.54) is 23.9 Å². The zero-order chi connectivity index (χ0) is 80.8. The number of fused-ring (bicyclic) bond motifs is 9. The van der Waals surface area contributed by atoms with Crippen molar-refractivity contribution in [1.29, 1.82) is 0 Å². The number of carbonyl (C=O) groups excluding carboxylic acids is 3. The molecule has 8 aromatic rings. The van der Waals surface area contributed by atoms with Gasteiger partial charge in [-0.2, -0.15) is 0 Å². The number of hydrogen-bond acceptors (Lipinski definition) is 20. The van der Waals surface area contributed by atoms with Gasteiger partial charge in [-0.3, -0.25) is 34.3 Å². The van der Waals surface area contributed by atoms with Crippen molar-refractivity contribution in [3.63, 3.8) is 0 Å². The Bertz CT molecular complexity index is 5240. The number of allylic oxidation sites excluding steroid dienone is 3. The van der Waals surface area contributed by atoms with E-state index in [2.05, 4.69) is 133 Å². The van der Waals surface area contributed by atoms with Crippen LogP contribution in [0.1, 0.15) is 198 Å². The first-order chi connectivity index (χ1) is 54.8. The van der Waals surface area contributed by atoms with Crippen molar-refractivity contribution < 1.29 is 51.1 Å². The molecule has 116 heavy (non-hydrogen) atoms. The fraction of sp³-hybridized carbons (Fsp3) is 0.446. The number of benzene rings is 3. The first-order valence-corrected chi connectivity index (χ1v) is 40.8. The molecule has 20 rings (SSSR count). The standard InChI is InChI=1S/C24H28BN5O3.C23H19FN6O.C18H16BrN5O.C12H24B2O4.C5H3BrFN.CH4/c1-23(2)24(3,4)33-25(32-23)18-7-5-6-17-16(18)10-11-29-19(17)12-20(26-13-21(29)31)30-14-27-22(28-30)15-8-9-15;24-15-6-7-19(25-11-15)17-2-1-3-18-16(17)8-9-29-20(18)10-21(26-12-22(29)31)30-13-27-23(28-30)14-4-5-14;19-14-3-1-2-13-12(14)6-7-23-15(13)8-16(20-9-17(23)25)24-10-21-18(22-24)11-4-5-11;1-9(2)10(3,4)16-13(15-9)14-17-11(5,6)12(7,8)18-14;6-5-2-1-4(7)3-8-5;/h5-7,12,14-15H,8-11,13H2,1-4H3;1-3,6-7,10-11,13-14H,4-5,8-9,12H2;1-3,8,10-11H,4-7,9H2;1-8H3;1-3H;1H4. The Morgan fingerprint density at radius 1 is 0.414 bits per heavy atom. The molecule has 0 unspecified atom stereocenters. The highest BCUT2D eigenvalue weighted by Gasteiger charge is 2.64. The molecule has 0 atom stereocenters. The first kappa shape index (κ1) is 81.9. The lowest BCUT2D eigenvalue weighted by Gasteiger charge is -2.32. The third-order valence-corrected chi connectivity index (χ3v) is 25.0. The average Bonchev–Trinajstić information content (AvgIpc) is 1.70. The molecule has 33 heteroatoms. The number of pyridine rings is 2. The van der Waals surface area contributed by atoms with Gasteiger partial charge in [0, 0.05) is 82.3 Å². The SMILES string of the molecule is C.CC1(C)OB(B2OC(C)(C)C(C)(C)O2)OC1(C)C.CC1(C)OB(c2cccc3c2CCN2C(=O)CN=C(n4cnc(C5CC5)n4)C=C32)OC1(C)C.Fc1ccc(Br)nc1.O=C1CN=C(n2cnc(C3CC3)n2)C=C2c3cccc(-c4ccc(F)cn4)c3CCN12.O=C1CN=C(n2cnc(C3CC3)n2)C=C2c3cccc(Br)c3CCN12. The maximum Gasteiger partial charge on any atom is 0.495 e. The average molecular weight is 1700 g/mol. The van der Waals surface area contributed by atoms with Gasteiger partial charge in [-0.1, -0.05) is 71.9 Å². The molecular formula is C83H94B3Br2F2N17O9. The van der Waals surface area contributed by atoms with Gasteiger partial charge >= 0.3 is 21.1 Å². The summed E-state index contributed by atoms with van der Waals surface area (Å²) in [6.07, 6.45) is 22.4. The molecule has 5 aromatic heterocycles. The third kappa shape index (κ3) is 16.7. The minimum Gasteiger partial charge on any atom is -0.405 e.